The zero-order valence-electron chi connectivity index (χ0n) is 16.1. The molecule has 0 aliphatic carbocycles. The lowest BCUT2D eigenvalue weighted by atomic mass is 10.0. The van der Waals surface area contributed by atoms with Crippen molar-refractivity contribution in [3.05, 3.63) is 89.5 Å². The molecule has 0 aromatic heterocycles. The van der Waals surface area contributed by atoms with E-state index in [4.69, 9.17) is 0 Å². The monoisotopic (exact) mass is 460 g/mol. The van der Waals surface area contributed by atoms with Gasteiger partial charge in [-0.25, -0.2) is 17.2 Å². The van der Waals surface area contributed by atoms with Crippen molar-refractivity contribution in [1.29, 1.82) is 0 Å². The summed E-state index contributed by atoms with van der Waals surface area (Å²) < 4.78 is 55.4. The number of benzene rings is 3. The van der Waals surface area contributed by atoms with Crippen LogP contribution in [0.25, 0.3) is 0 Å². The molecule has 3 aromatic carbocycles. The quantitative estimate of drug-likeness (QED) is 0.577. The number of halogens is 2. The third kappa shape index (κ3) is 4.57. The van der Waals surface area contributed by atoms with Gasteiger partial charge in [-0.15, -0.1) is 11.8 Å². The lowest BCUT2D eigenvalue weighted by Crippen LogP contribution is -2.31. The Morgan fingerprint density at radius 1 is 0.968 bits per heavy atom. The maximum atomic E-state index is 14.1. The van der Waals surface area contributed by atoms with Crippen molar-refractivity contribution in [2.45, 2.75) is 22.3 Å². The molecule has 31 heavy (non-hydrogen) atoms. The number of para-hydroxylation sites is 1. The maximum absolute atomic E-state index is 14.1. The van der Waals surface area contributed by atoms with E-state index in [0.29, 0.717) is 22.6 Å². The first-order valence-corrected chi connectivity index (χ1v) is 11.9. The fraction of sp³-hybridized carbons (Fsp3) is 0.136. The molecule has 0 saturated heterocycles. The van der Waals surface area contributed by atoms with Crippen LogP contribution in [0.4, 0.5) is 14.5 Å². The van der Waals surface area contributed by atoms with Crippen molar-refractivity contribution in [3.63, 3.8) is 0 Å². The molecule has 9 heteroatoms. The van der Waals surface area contributed by atoms with Crippen LogP contribution >= 0.6 is 11.8 Å². The van der Waals surface area contributed by atoms with Crippen molar-refractivity contribution in [3.8, 4) is 0 Å². The number of amides is 1. The van der Waals surface area contributed by atoms with Crippen LogP contribution in [0.15, 0.2) is 76.5 Å². The van der Waals surface area contributed by atoms with Crippen LogP contribution in [0.1, 0.15) is 28.4 Å². The van der Waals surface area contributed by atoms with Gasteiger partial charge in [-0.1, -0.05) is 30.3 Å². The Labute approximate surface area is 182 Å². The number of fused-ring (bicyclic) bond motifs is 1. The number of thioether (sulfide) groups is 1. The lowest BCUT2D eigenvalue weighted by molar-refractivity contribution is 0.0934. The summed E-state index contributed by atoms with van der Waals surface area (Å²) in [5.41, 5.74) is 0.651. The van der Waals surface area contributed by atoms with Crippen molar-refractivity contribution < 1.29 is 22.0 Å². The van der Waals surface area contributed by atoms with Crippen LogP contribution in [0.3, 0.4) is 0 Å². The Hall–Kier alpha value is -2.91. The van der Waals surface area contributed by atoms with E-state index < -0.39 is 21.7 Å². The summed E-state index contributed by atoms with van der Waals surface area (Å²) in [5, 5.41) is 2.86. The van der Waals surface area contributed by atoms with E-state index in [1.165, 1.54) is 60.3 Å². The van der Waals surface area contributed by atoms with E-state index >= 15 is 0 Å². The molecular formula is C22H18F2N2O3S2. The number of hydrogen-bond donors (Lipinski definition) is 2. The van der Waals surface area contributed by atoms with Gasteiger partial charge >= 0.3 is 0 Å². The summed E-state index contributed by atoms with van der Waals surface area (Å²) in [6.45, 7) is 0. The van der Waals surface area contributed by atoms with Gasteiger partial charge in [0.2, 0.25) is 0 Å². The Morgan fingerprint density at radius 3 is 2.52 bits per heavy atom. The molecule has 0 saturated carbocycles. The predicted octanol–water partition coefficient (Wildman–Crippen LogP) is 4.73. The first kappa shape index (κ1) is 21.3. The highest BCUT2D eigenvalue weighted by atomic mass is 32.2. The van der Waals surface area contributed by atoms with Gasteiger partial charge in [-0.05, 0) is 48.4 Å². The van der Waals surface area contributed by atoms with Gasteiger partial charge in [-0.2, -0.15) is 0 Å². The fourth-order valence-corrected chi connectivity index (χ4v) is 5.58. The molecule has 1 unspecified atom stereocenters. The number of carbonyl (C=O) groups is 1. The van der Waals surface area contributed by atoms with Crippen LogP contribution in [-0.2, 0) is 10.0 Å². The highest BCUT2D eigenvalue weighted by Gasteiger charge is 2.25. The second-order valence-corrected chi connectivity index (χ2v) is 9.72. The molecule has 3 aromatic rings. The van der Waals surface area contributed by atoms with E-state index in [9.17, 15) is 22.0 Å². The lowest BCUT2D eigenvalue weighted by Gasteiger charge is -2.26. The summed E-state index contributed by atoms with van der Waals surface area (Å²) >= 11 is 1.41. The molecule has 4 rings (SSSR count). The highest BCUT2D eigenvalue weighted by Crippen LogP contribution is 2.37. The number of anilines is 1. The van der Waals surface area contributed by atoms with E-state index in [1.807, 2.05) is 0 Å². The van der Waals surface area contributed by atoms with Crippen molar-refractivity contribution in [2.24, 2.45) is 0 Å². The molecule has 0 spiro atoms. The largest absolute Gasteiger partial charge is 0.345 e. The van der Waals surface area contributed by atoms with Gasteiger partial charge in [0.15, 0.2) is 0 Å². The first-order chi connectivity index (χ1) is 14.8. The normalized spacial score (nSPS) is 15.7. The van der Waals surface area contributed by atoms with E-state index in [-0.39, 0.29) is 28.0 Å². The van der Waals surface area contributed by atoms with Crippen LogP contribution < -0.4 is 10.0 Å². The average molecular weight is 461 g/mol. The third-order valence-corrected chi connectivity index (χ3v) is 7.38. The molecule has 1 amide bonds. The van der Waals surface area contributed by atoms with Crippen molar-refractivity contribution >= 4 is 33.4 Å². The van der Waals surface area contributed by atoms with Crippen LogP contribution in [0, 0.1) is 11.6 Å². The third-order valence-electron chi connectivity index (χ3n) is 4.86. The Balaban J connectivity index is 1.56. The Kier molecular flexibility index (Phi) is 5.97. The number of sulfonamides is 1. The average Bonchev–Trinajstić information content (AvgIpc) is 2.76. The van der Waals surface area contributed by atoms with Gasteiger partial charge in [-0.3, -0.25) is 9.52 Å². The number of carbonyl (C=O) groups excluding carboxylic acids is 1. The summed E-state index contributed by atoms with van der Waals surface area (Å²) in [6, 6.07) is 15.3. The minimum atomic E-state index is -4.10. The van der Waals surface area contributed by atoms with Crippen LogP contribution in [0.5, 0.6) is 0 Å². The molecule has 1 aliphatic heterocycles. The predicted molar refractivity (Wildman–Crippen MR) is 116 cm³/mol. The molecule has 0 fully saturated rings. The van der Waals surface area contributed by atoms with Crippen LogP contribution in [0.2, 0.25) is 0 Å². The zero-order chi connectivity index (χ0) is 22.0. The minimum Gasteiger partial charge on any atom is -0.345 e. The Bertz CT molecular complexity index is 1250. The molecular weight excluding hydrogens is 442 g/mol. The van der Waals surface area contributed by atoms with Gasteiger partial charge in [0, 0.05) is 16.2 Å². The molecule has 1 aliphatic rings. The molecule has 0 radical (unpaired) electrons. The van der Waals surface area contributed by atoms with Gasteiger partial charge in [0.25, 0.3) is 15.9 Å². The molecule has 1 atom stereocenters. The second-order valence-electron chi connectivity index (χ2n) is 6.93. The zero-order valence-corrected chi connectivity index (χ0v) is 17.8. The standard InChI is InChI=1S/C22H18F2N2O3S2/c23-17-8-1-2-10-20(17)26-31(28,29)15-6-3-5-14(13-15)22(27)25-19-11-12-30-21-16(19)7-4-9-18(21)24/h1-10,13,19,26H,11-12H2,(H,25,27). The van der Waals surface area contributed by atoms with Crippen LogP contribution in [-0.4, -0.2) is 20.1 Å². The number of hydrogen-bond acceptors (Lipinski definition) is 4. The van der Waals surface area contributed by atoms with Gasteiger partial charge < -0.3 is 5.32 Å². The summed E-state index contributed by atoms with van der Waals surface area (Å²) in [6.07, 6.45) is 0.625. The summed E-state index contributed by atoms with van der Waals surface area (Å²) in [4.78, 5) is 13.2. The highest BCUT2D eigenvalue weighted by molar-refractivity contribution is 7.99. The SMILES string of the molecule is O=C(NC1CCSc2c(F)cccc21)c1cccc(S(=O)(=O)Nc2ccccc2F)c1. The molecule has 2 N–H and O–H groups in total. The minimum absolute atomic E-state index is 0.132. The topological polar surface area (TPSA) is 75.3 Å². The second kappa shape index (κ2) is 8.68. The Morgan fingerprint density at radius 2 is 1.71 bits per heavy atom. The van der Waals surface area contributed by atoms with E-state index in [1.54, 1.807) is 12.1 Å². The van der Waals surface area contributed by atoms with E-state index in [0.717, 1.165) is 6.07 Å². The van der Waals surface area contributed by atoms with Gasteiger partial charge in [0.05, 0.1) is 16.6 Å². The smallest absolute Gasteiger partial charge is 0.262 e. The number of rotatable bonds is 5. The molecule has 5 nitrogen and oxygen atoms in total. The summed E-state index contributed by atoms with van der Waals surface area (Å²) in [5.74, 6) is -0.857. The first-order valence-electron chi connectivity index (χ1n) is 9.44. The van der Waals surface area contributed by atoms with E-state index in [2.05, 4.69) is 10.0 Å². The van der Waals surface area contributed by atoms with Gasteiger partial charge in [0.1, 0.15) is 11.6 Å². The number of nitrogens with one attached hydrogen (secondary N) is 2. The molecule has 160 valence electrons. The fourth-order valence-electron chi connectivity index (χ4n) is 3.33. The summed E-state index contributed by atoms with van der Waals surface area (Å²) in [7, 11) is -4.10. The van der Waals surface area contributed by atoms with Crippen molar-refractivity contribution in [1.82, 2.24) is 5.32 Å². The molecule has 0 bridgehead atoms. The van der Waals surface area contributed by atoms with Crippen molar-refractivity contribution in [2.75, 3.05) is 10.5 Å². The maximum Gasteiger partial charge on any atom is 0.262 e. The molecule has 1 heterocycles.